The highest BCUT2D eigenvalue weighted by molar-refractivity contribution is 7.97. The highest BCUT2D eigenvalue weighted by atomic mass is 32.2. The van der Waals surface area contributed by atoms with E-state index in [0.29, 0.717) is 0 Å². The van der Waals surface area contributed by atoms with Crippen molar-refractivity contribution in [3.8, 4) is 0 Å². The van der Waals surface area contributed by atoms with Gasteiger partial charge in [-0.15, -0.1) is 0 Å². The van der Waals surface area contributed by atoms with Gasteiger partial charge < -0.3 is 9.80 Å². The predicted molar refractivity (Wildman–Crippen MR) is 96.7 cm³/mol. The molecule has 1 aromatic rings. The average Bonchev–Trinajstić information content (AvgIpc) is 3.10. The van der Waals surface area contributed by atoms with Gasteiger partial charge in [-0.2, -0.15) is 11.8 Å². The Morgan fingerprint density at radius 2 is 1.91 bits per heavy atom. The smallest absolute Gasteiger partial charge is 0.128 e. The minimum Gasteiger partial charge on any atom is -0.357 e. The second-order valence-electron chi connectivity index (χ2n) is 6.77. The summed E-state index contributed by atoms with van der Waals surface area (Å²) in [5.41, 5.74) is 1.33. The number of likely N-dealkylation sites (tertiary alicyclic amines) is 1. The van der Waals surface area contributed by atoms with Gasteiger partial charge in [-0.3, -0.25) is 0 Å². The van der Waals surface area contributed by atoms with E-state index in [1.807, 2.05) is 18.0 Å². The third kappa shape index (κ3) is 3.77. The van der Waals surface area contributed by atoms with Crippen LogP contribution >= 0.6 is 11.8 Å². The third-order valence-electron chi connectivity index (χ3n) is 5.38. The first-order valence-corrected chi connectivity index (χ1v) is 10.1. The van der Waals surface area contributed by atoms with Crippen molar-refractivity contribution in [2.75, 3.05) is 37.3 Å². The van der Waals surface area contributed by atoms with Crippen molar-refractivity contribution in [2.45, 2.75) is 44.4 Å². The van der Waals surface area contributed by atoms with E-state index in [4.69, 9.17) is 0 Å². The number of hydrogen-bond donors (Lipinski definition) is 0. The van der Waals surface area contributed by atoms with E-state index in [2.05, 4.69) is 40.1 Å². The molecule has 1 aromatic heterocycles. The summed E-state index contributed by atoms with van der Waals surface area (Å²) in [4.78, 5) is 9.84. The number of hydrogen-bond acceptors (Lipinski definition) is 4. The molecule has 0 saturated carbocycles. The van der Waals surface area contributed by atoms with Crippen LogP contribution in [-0.2, 0) is 5.75 Å². The molecular weight excluding hydrogens is 290 g/mol. The van der Waals surface area contributed by atoms with Crippen molar-refractivity contribution in [3.63, 3.8) is 0 Å². The Kier molecular flexibility index (Phi) is 5.64. The molecule has 22 heavy (non-hydrogen) atoms. The van der Waals surface area contributed by atoms with Crippen LogP contribution in [0.5, 0.6) is 0 Å². The molecular formula is C18H29N3S. The lowest BCUT2D eigenvalue weighted by atomic mass is 9.89. The van der Waals surface area contributed by atoms with Crippen LogP contribution in [0.15, 0.2) is 18.3 Å². The van der Waals surface area contributed by atoms with E-state index in [0.717, 1.165) is 36.6 Å². The van der Waals surface area contributed by atoms with E-state index in [1.54, 1.807) is 0 Å². The summed E-state index contributed by atoms with van der Waals surface area (Å²) < 4.78 is 0. The van der Waals surface area contributed by atoms with Crippen LogP contribution in [-0.4, -0.2) is 48.4 Å². The summed E-state index contributed by atoms with van der Waals surface area (Å²) >= 11 is 1.85. The summed E-state index contributed by atoms with van der Waals surface area (Å²) in [6, 6.07) is 5.20. The Hall–Kier alpha value is -0.740. The molecule has 0 radical (unpaired) electrons. The maximum atomic E-state index is 4.67. The Morgan fingerprint density at radius 3 is 2.50 bits per heavy atom. The van der Waals surface area contributed by atoms with E-state index < -0.39 is 0 Å². The molecule has 0 spiro atoms. The average molecular weight is 320 g/mol. The highest BCUT2D eigenvalue weighted by Crippen LogP contribution is 2.28. The molecule has 2 fully saturated rings. The molecule has 1 atom stereocenters. The standard InChI is InChI=1S/C18H29N3S/c1-15(20-9-3-4-10-20)17-7-11-21(12-8-17)18-6-5-16(13-19-18)14-22-2/h5-6,13,15,17H,3-4,7-12,14H2,1-2H3/t15-/m0/s1. The highest BCUT2D eigenvalue weighted by Gasteiger charge is 2.29. The fourth-order valence-electron chi connectivity index (χ4n) is 3.91. The summed E-state index contributed by atoms with van der Waals surface area (Å²) in [6.07, 6.45) is 9.60. The van der Waals surface area contributed by atoms with Crippen molar-refractivity contribution >= 4 is 17.6 Å². The van der Waals surface area contributed by atoms with Crippen LogP contribution in [0.3, 0.4) is 0 Å². The number of aromatic nitrogens is 1. The lowest BCUT2D eigenvalue weighted by molar-refractivity contribution is 0.167. The van der Waals surface area contributed by atoms with Gasteiger partial charge in [0.05, 0.1) is 0 Å². The van der Waals surface area contributed by atoms with Crippen LogP contribution in [0, 0.1) is 5.92 Å². The van der Waals surface area contributed by atoms with Gasteiger partial charge in [0.1, 0.15) is 5.82 Å². The molecule has 2 aliphatic rings. The van der Waals surface area contributed by atoms with Crippen molar-refractivity contribution in [1.29, 1.82) is 0 Å². The van der Waals surface area contributed by atoms with E-state index in [9.17, 15) is 0 Å². The molecule has 0 amide bonds. The number of piperidine rings is 1. The monoisotopic (exact) mass is 319 g/mol. The van der Waals surface area contributed by atoms with Crippen molar-refractivity contribution < 1.29 is 0 Å². The molecule has 0 unspecified atom stereocenters. The van der Waals surface area contributed by atoms with Gasteiger partial charge in [0, 0.05) is 31.1 Å². The van der Waals surface area contributed by atoms with Gasteiger partial charge in [-0.05, 0) is 69.5 Å². The number of thioether (sulfide) groups is 1. The SMILES string of the molecule is CSCc1ccc(N2CCC([C@H](C)N3CCCC3)CC2)nc1. The van der Waals surface area contributed by atoms with E-state index in [1.165, 1.54) is 44.3 Å². The molecule has 0 aliphatic carbocycles. The van der Waals surface area contributed by atoms with Gasteiger partial charge in [0.15, 0.2) is 0 Å². The Balaban J connectivity index is 1.52. The molecule has 122 valence electrons. The zero-order valence-electron chi connectivity index (χ0n) is 14.0. The molecule has 0 bridgehead atoms. The Morgan fingerprint density at radius 1 is 1.18 bits per heavy atom. The normalized spacial score (nSPS) is 22.2. The van der Waals surface area contributed by atoms with Crippen LogP contribution < -0.4 is 4.90 Å². The second-order valence-corrected chi connectivity index (χ2v) is 7.63. The van der Waals surface area contributed by atoms with Gasteiger partial charge in [-0.25, -0.2) is 4.98 Å². The minimum absolute atomic E-state index is 0.765. The molecule has 4 heteroatoms. The Labute approximate surface area is 139 Å². The molecule has 2 saturated heterocycles. The summed E-state index contributed by atoms with van der Waals surface area (Å²) in [5.74, 6) is 3.09. The molecule has 0 aromatic carbocycles. The predicted octanol–water partition coefficient (Wildman–Crippen LogP) is 3.65. The van der Waals surface area contributed by atoms with Crippen LogP contribution in [0.1, 0.15) is 38.2 Å². The number of pyridine rings is 1. The molecule has 3 heterocycles. The van der Waals surface area contributed by atoms with Crippen molar-refractivity contribution in [3.05, 3.63) is 23.9 Å². The lowest BCUT2D eigenvalue weighted by Gasteiger charge is -2.38. The summed E-state index contributed by atoms with van der Waals surface area (Å²) in [5, 5.41) is 0. The first-order chi connectivity index (χ1) is 10.8. The maximum Gasteiger partial charge on any atom is 0.128 e. The summed E-state index contributed by atoms with van der Waals surface area (Å²) in [7, 11) is 0. The third-order valence-corrected chi connectivity index (χ3v) is 6.00. The first kappa shape index (κ1) is 16.1. The van der Waals surface area contributed by atoms with Crippen molar-refractivity contribution in [1.82, 2.24) is 9.88 Å². The Bertz CT molecular complexity index is 448. The molecule has 0 N–H and O–H groups in total. The maximum absolute atomic E-state index is 4.67. The minimum atomic E-state index is 0.765. The van der Waals surface area contributed by atoms with Crippen molar-refractivity contribution in [2.24, 2.45) is 5.92 Å². The van der Waals surface area contributed by atoms with Gasteiger partial charge in [0.25, 0.3) is 0 Å². The quantitative estimate of drug-likeness (QED) is 0.825. The molecule has 3 rings (SSSR count). The van der Waals surface area contributed by atoms with E-state index in [-0.39, 0.29) is 0 Å². The largest absolute Gasteiger partial charge is 0.357 e. The van der Waals surface area contributed by atoms with Gasteiger partial charge in [0.2, 0.25) is 0 Å². The van der Waals surface area contributed by atoms with Crippen LogP contribution in [0.2, 0.25) is 0 Å². The van der Waals surface area contributed by atoms with Crippen LogP contribution in [0.25, 0.3) is 0 Å². The fourth-order valence-corrected chi connectivity index (χ4v) is 4.42. The first-order valence-electron chi connectivity index (χ1n) is 8.71. The number of rotatable bonds is 5. The van der Waals surface area contributed by atoms with Gasteiger partial charge >= 0.3 is 0 Å². The summed E-state index contributed by atoms with van der Waals surface area (Å²) in [6.45, 7) is 7.41. The van der Waals surface area contributed by atoms with E-state index >= 15 is 0 Å². The molecule has 3 nitrogen and oxygen atoms in total. The number of nitrogens with zero attached hydrogens (tertiary/aromatic N) is 3. The lowest BCUT2D eigenvalue weighted by Crippen LogP contribution is -2.43. The zero-order valence-corrected chi connectivity index (χ0v) is 14.8. The second kappa shape index (κ2) is 7.69. The topological polar surface area (TPSA) is 19.4 Å². The van der Waals surface area contributed by atoms with Crippen LogP contribution in [0.4, 0.5) is 5.82 Å². The van der Waals surface area contributed by atoms with Gasteiger partial charge in [-0.1, -0.05) is 6.07 Å². The zero-order chi connectivity index (χ0) is 15.4. The fraction of sp³-hybridized carbons (Fsp3) is 0.722. The number of anilines is 1. The molecule has 2 aliphatic heterocycles.